The fourth-order valence-corrected chi connectivity index (χ4v) is 3.99. The topological polar surface area (TPSA) is 58.6 Å². The second-order valence-electron chi connectivity index (χ2n) is 8.11. The summed E-state index contributed by atoms with van der Waals surface area (Å²) in [6, 6.07) is 18.8. The van der Waals surface area contributed by atoms with Gasteiger partial charge in [0.25, 0.3) is 11.8 Å². The summed E-state index contributed by atoms with van der Waals surface area (Å²) in [5.41, 5.74) is 6.61. The van der Waals surface area contributed by atoms with E-state index in [0.717, 1.165) is 27.9 Å². The third kappa shape index (κ3) is 3.66. The monoisotopic (exact) mass is 426 g/mol. The summed E-state index contributed by atoms with van der Waals surface area (Å²) in [5.74, 6) is -0.232. The molecular formula is C27H26N2O3. The number of nitrogens with zero attached hydrogens (tertiary/aromatic N) is 1. The molecule has 2 amide bonds. The van der Waals surface area contributed by atoms with Crippen LogP contribution < -0.4 is 15.0 Å². The van der Waals surface area contributed by atoms with Crippen LogP contribution in [0.3, 0.4) is 0 Å². The third-order valence-corrected chi connectivity index (χ3v) is 5.83. The second-order valence-corrected chi connectivity index (χ2v) is 8.11. The average molecular weight is 427 g/mol. The number of ether oxygens (including phenoxy) is 1. The number of hydrogen-bond acceptors (Lipinski definition) is 4. The maximum absolute atomic E-state index is 13.7. The van der Waals surface area contributed by atoms with E-state index in [1.165, 1.54) is 4.90 Å². The highest BCUT2D eigenvalue weighted by Gasteiger charge is 2.41. The van der Waals surface area contributed by atoms with E-state index in [1.807, 2.05) is 76.2 Å². The number of para-hydroxylation sites is 1. The SMILES string of the molecule is COc1ccccc1C1=C(Nc2ccc(C)c(C)c2)C(=O)N(c2ccc(C)cc2C)C1=O. The maximum Gasteiger partial charge on any atom is 0.282 e. The van der Waals surface area contributed by atoms with E-state index in [9.17, 15) is 9.59 Å². The number of rotatable bonds is 5. The van der Waals surface area contributed by atoms with Gasteiger partial charge in [-0.2, -0.15) is 0 Å². The lowest BCUT2D eigenvalue weighted by atomic mass is 10.0. The third-order valence-electron chi connectivity index (χ3n) is 5.83. The van der Waals surface area contributed by atoms with Crippen LogP contribution in [0.1, 0.15) is 27.8 Å². The Hall–Kier alpha value is -3.86. The predicted molar refractivity (Wildman–Crippen MR) is 128 cm³/mol. The Balaban J connectivity index is 1.88. The van der Waals surface area contributed by atoms with Gasteiger partial charge in [0.1, 0.15) is 11.4 Å². The summed E-state index contributed by atoms with van der Waals surface area (Å²) in [4.78, 5) is 28.6. The molecule has 4 rings (SSSR count). The quantitative estimate of drug-likeness (QED) is 0.561. The van der Waals surface area contributed by atoms with Crippen molar-refractivity contribution in [3.05, 3.63) is 94.2 Å². The first-order valence-electron chi connectivity index (χ1n) is 10.5. The molecule has 0 radical (unpaired) electrons. The summed E-state index contributed by atoms with van der Waals surface area (Å²) in [5, 5.41) is 3.23. The van der Waals surface area contributed by atoms with Crippen LogP contribution in [0.5, 0.6) is 5.75 Å². The van der Waals surface area contributed by atoms with E-state index < -0.39 is 0 Å². The van der Waals surface area contributed by atoms with E-state index in [-0.39, 0.29) is 17.5 Å². The smallest absolute Gasteiger partial charge is 0.282 e. The van der Waals surface area contributed by atoms with Crippen molar-refractivity contribution in [2.45, 2.75) is 27.7 Å². The zero-order valence-corrected chi connectivity index (χ0v) is 18.9. The molecule has 1 aliphatic rings. The number of anilines is 2. The van der Waals surface area contributed by atoms with Gasteiger partial charge in [0, 0.05) is 11.3 Å². The van der Waals surface area contributed by atoms with Crippen molar-refractivity contribution in [2.24, 2.45) is 0 Å². The molecular weight excluding hydrogens is 400 g/mol. The number of carbonyl (C=O) groups is 2. The van der Waals surface area contributed by atoms with Gasteiger partial charge in [0.15, 0.2) is 0 Å². The minimum absolute atomic E-state index is 0.239. The molecule has 1 aliphatic heterocycles. The van der Waals surface area contributed by atoms with Gasteiger partial charge in [-0.1, -0.05) is 42.0 Å². The minimum Gasteiger partial charge on any atom is -0.496 e. The van der Waals surface area contributed by atoms with Crippen LogP contribution in [0.4, 0.5) is 11.4 Å². The number of methoxy groups -OCH3 is 1. The Morgan fingerprint density at radius 1 is 0.781 bits per heavy atom. The van der Waals surface area contributed by atoms with E-state index in [4.69, 9.17) is 4.74 Å². The van der Waals surface area contributed by atoms with Crippen LogP contribution in [0.25, 0.3) is 5.57 Å². The standard InChI is InChI=1S/C27H26N2O3/c1-16-10-13-22(19(4)14-16)29-26(30)24(21-8-6-7-9-23(21)32-5)25(27(29)31)28-20-12-11-17(2)18(3)15-20/h6-15,28H,1-5H3. The Kier molecular flexibility index (Phi) is 5.57. The van der Waals surface area contributed by atoms with Crippen LogP contribution in [-0.2, 0) is 9.59 Å². The van der Waals surface area contributed by atoms with Crippen LogP contribution in [0.2, 0.25) is 0 Å². The zero-order chi connectivity index (χ0) is 23.0. The van der Waals surface area contributed by atoms with Crippen molar-refractivity contribution in [2.75, 3.05) is 17.3 Å². The highest BCUT2D eigenvalue weighted by Crippen LogP contribution is 2.38. The fourth-order valence-electron chi connectivity index (χ4n) is 3.99. The van der Waals surface area contributed by atoms with Crippen LogP contribution in [-0.4, -0.2) is 18.9 Å². The number of amides is 2. The lowest BCUT2D eigenvalue weighted by Crippen LogP contribution is -2.33. The molecule has 0 spiro atoms. The number of carbonyl (C=O) groups excluding carboxylic acids is 2. The molecule has 3 aromatic rings. The first-order valence-corrected chi connectivity index (χ1v) is 10.5. The average Bonchev–Trinajstić information content (AvgIpc) is 3.00. The van der Waals surface area contributed by atoms with Crippen molar-refractivity contribution in [3.8, 4) is 5.75 Å². The van der Waals surface area contributed by atoms with E-state index in [0.29, 0.717) is 22.6 Å². The van der Waals surface area contributed by atoms with Crippen molar-refractivity contribution in [3.63, 3.8) is 0 Å². The number of nitrogens with one attached hydrogen (secondary N) is 1. The summed E-state index contributed by atoms with van der Waals surface area (Å²) in [6.45, 7) is 7.93. The van der Waals surface area contributed by atoms with Crippen molar-refractivity contribution < 1.29 is 14.3 Å². The van der Waals surface area contributed by atoms with Crippen molar-refractivity contribution in [1.82, 2.24) is 0 Å². The number of benzene rings is 3. The molecule has 5 nitrogen and oxygen atoms in total. The largest absolute Gasteiger partial charge is 0.496 e. The molecule has 0 saturated heterocycles. The first-order chi connectivity index (χ1) is 15.3. The molecule has 0 atom stereocenters. The van der Waals surface area contributed by atoms with E-state index in [1.54, 1.807) is 19.2 Å². The molecule has 32 heavy (non-hydrogen) atoms. The van der Waals surface area contributed by atoms with Gasteiger partial charge in [0.05, 0.1) is 18.4 Å². The Bertz CT molecular complexity index is 1270. The Labute approximate surface area is 188 Å². The number of aryl methyl sites for hydroxylation is 4. The Morgan fingerprint density at radius 3 is 2.22 bits per heavy atom. The van der Waals surface area contributed by atoms with Gasteiger partial charge in [-0.15, -0.1) is 0 Å². The predicted octanol–water partition coefficient (Wildman–Crippen LogP) is 5.33. The summed E-state index contributed by atoms with van der Waals surface area (Å²) in [7, 11) is 1.55. The molecule has 0 aliphatic carbocycles. The summed E-state index contributed by atoms with van der Waals surface area (Å²) >= 11 is 0. The van der Waals surface area contributed by atoms with Gasteiger partial charge in [-0.3, -0.25) is 9.59 Å². The van der Waals surface area contributed by atoms with Gasteiger partial charge >= 0.3 is 0 Å². The molecule has 1 N–H and O–H groups in total. The zero-order valence-electron chi connectivity index (χ0n) is 18.9. The highest BCUT2D eigenvalue weighted by molar-refractivity contribution is 6.46. The lowest BCUT2D eigenvalue weighted by molar-refractivity contribution is -0.120. The normalized spacial score (nSPS) is 13.7. The van der Waals surface area contributed by atoms with Crippen LogP contribution in [0.15, 0.2) is 66.4 Å². The minimum atomic E-state index is -0.388. The molecule has 162 valence electrons. The lowest BCUT2D eigenvalue weighted by Gasteiger charge is -2.18. The van der Waals surface area contributed by atoms with Crippen molar-refractivity contribution in [1.29, 1.82) is 0 Å². The Morgan fingerprint density at radius 2 is 1.53 bits per heavy atom. The first kappa shape index (κ1) is 21.4. The van der Waals surface area contributed by atoms with Crippen molar-refractivity contribution >= 4 is 28.8 Å². The van der Waals surface area contributed by atoms with Gasteiger partial charge in [-0.05, 0) is 68.7 Å². The molecule has 0 unspecified atom stereocenters. The van der Waals surface area contributed by atoms with Gasteiger partial charge < -0.3 is 10.1 Å². The molecule has 3 aromatic carbocycles. The molecule has 0 bridgehead atoms. The highest BCUT2D eigenvalue weighted by atomic mass is 16.5. The number of hydrogen-bond donors (Lipinski definition) is 1. The second kappa shape index (κ2) is 8.35. The number of imide groups is 1. The van der Waals surface area contributed by atoms with E-state index in [2.05, 4.69) is 5.32 Å². The summed E-state index contributed by atoms with van der Waals surface area (Å²) < 4.78 is 5.51. The molecule has 1 heterocycles. The van der Waals surface area contributed by atoms with Gasteiger partial charge in [-0.25, -0.2) is 4.90 Å². The summed E-state index contributed by atoms with van der Waals surface area (Å²) in [6.07, 6.45) is 0. The van der Waals surface area contributed by atoms with Crippen LogP contribution >= 0.6 is 0 Å². The molecule has 0 aromatic heterocycles. The van der Waals surface area contributed by atoms with E-state index >= 15 is 0 Å². The fraction of sp³-hybridized carbons (Fsp3) is 0.185. The molecule has 0 saturated carbocycles. The van der Waals surface area contributed by atoms with Gasteiger partial charge in [0.2, 0.25) is 0 Å². The molecule has 0 fully saturated rings. The van der Waals surface area contributed by atoms with Crippen LogP contribution in [0, 0.1) is 27.7 Å². The molecule has 5 heteroatoms. The maximum atomic E-state index is 13.7.